The van der Waals surface area contributed by atoms with Crippen molar-refractivity contribution in [1.82, 2.24) is 0 Å². The van der Waals surface area contributed by atoms with Crippen LogP contribution in [0.1, 0.15) is 65.2 Å². The van der Waals surface area contributed by atoms with E-state index >= 15 is 0 Å². The SMILES string of the molecule is CCCC[Si](C)(C)O[Si](C)(C)CCCOCC(CC)(COC(=O)CCC(=O)O)COC(=O)CCC(=O)O. The van der Waals surface area contributed by atoms with Crippen molar-refractivity contribution in [3.8, 4) is 0 Å². The van der Waals surface area contributed by atoms with E-state index in [0.717, 1.165) is 18.5 Å². The van der Waals surface area contributed by atoms with Crippen LogP contribution in [0, 0.1) is 5.41 Å². The predicted molar refractivity (Wildman–Crippen MR) is 144 cm³/mol. The van der Waals surface area contributed by atoms with Crippen molar-refractivity contribution in [2.75, 3.05) is 26.4 Å². The van der Waals surface area contributed by atoms with Crippen LogP contribution in [0.15, 0.2) is 0 Å². The van der Waals surface area contributed by atoms with Crippen LogP contribution in [0.3, 0.4) is 0 Å². The molecule has 0 unspecified atom stereocenters. The number of aliphatic carboxylic acids is 2. The van der Waals surface area contributed by atoms with E-state index in [1.807, 2.05) is 6.92 Å². The van der Waals surface area contributed by atoms with Gasteiger partial charge in [0.15, 0.2) is 16.6 Å². The number of hydrogen-bond donors (Lipinski definition) is 2. The zero-order valence-electron chi connectivity index (χ0n) is 23.6. The Kier molecular flexibility index (Phi) is 16.8. The minimum atomic E-state index is -1.84. The Morgan fingerprint density at radius 2 is 1.16 bits per heavy atom. The smallest absolute Gasteiger partial charge is 0.306 e. The van der Waals surface area contributed by atoms with Gasteiger partial charge in [0.25, 0.3) is 0 Å². The third-order valence-electron chi connectivity index (χ3n) is 6.08. The molecule has 2 N–H and O–H groups in total. The van der Waals surface area contributed by atoms with Gasteiger partial charge in [-0.1, -0.05) is 26.7 Å². The number of carboxylic acid groups (broad SMARTS) is 2. The normalized spacial score (nSPS) is 12.3. The van der Waals surface area contributed by atoms with Gasteiger partial charge in [0.2, 0.25) is 0 Å². The number of rotatable bonds is 22. The van der Waals surface area contributed by atoms with E-state index in [1.165, 1.54) is 12.8 Å². The molecule has 0 fully saturated rings. The van der Waals surface area contributed by atoms with Crippen molar-refractivity contribution in [1.29, 1.82) is 0 Å². The molecule has 0 aromatic carbocycles. The Morgan fingerprint density at radius 3 is 1.57 bits per heavy atom. The number of unbranched alkanes of at least 4 members (excludes halogenated alkanes) is 1. The molecule has 37 heavy (non-hydrogen) atoms. The third kappa shape index (κ3) is 18.2. The average Bonchev–Trinajstić information content (AvgIpc) is 2.80. The molecule has 0 heterocycles. The highest BCUT2D eigenvalue weighted by Gasteiger charge is 2.34. The van der Waals surface area contributed by atoms with E-state index in [-0.39, 0.29) is 45.5 Å². The Balaban J connectivity index is 4.95. The van der Waals surface area contributed by atoms with Crippen molar-refractivity contribution in [3.63, 3.8) is 0 Å². The summed E-state index contributed by atoms with van der Waals surface area (Å²) in [5.41, 5.74) is -0.823. The fourth-order valence-electron chi connectivity index (χ4n) is 3.80. The van der Waals surface area contributed by atoms with Crippen LogP contribution in [0.2, 0.25) is 38.3 Å². The van der Waals surface area contributed by atoms with E-state index < -0.39 is 45.9 Å². The molecule has 10 nitrogen and oxygen atoms in total. The van der Waals surface area contributed by atoms with Gasteiger partial charge in [0.1, 0.15) is 13.2 Å². The van der Waals surface area contributed by atoms with E-state index in [1.54, 1.807) is 0 Å². The van der Waals surface area contributed by atoms with Crippen LogP contribution in [0.4, 0.5) is 0 Å². The van der Waals surface area contributed by atoms with Gasteiger partial charge in [0, 0.05) is 6.61 Å². The quantitative estimate of drug-likeness (QED) is 0.106. The van der Waals surface area contributed by atoms with Gasteiger partial charge in [-0.15, -0.1) is 0 Å². The summed E-state index contributed by atoms with van der Waals surface area (Å²) in [6, 6.07) is 2.11. The molecule has 0 aliphatic heterocycles. The van der Waals surface area contributed by atoms with Crippen molar-refractivity contribution in [2.24, 2.45) is 5.41 Å². The first kappa shape index (κ1) is 35.2. The van der Waals surface area contributed by atoms with Crippen LogP contribution >= 0.6 is 0 Å². The van der Waals surface area contributed by atoms with Crippen LogP contribution < -0.4 is 0 Å². The second-order valence-electron chi connectivity index (χ2n) is 10.8. The standard InChI is InChI=1S/C25H48O10Si2/c1-7-9-16-36(3,4)35-37(5,6)17-10-15-32-18-25(8-2,19-33-23(30)13-11-21(26)27)20-34-24(31)14-12-22(28)29/h7-20H2,1-6H3,(H,26,27)(H,28,29). The zero-order chi connectivity index (χ0) is 28.5. The zero-order valence-corrected chi connectivity index (χ0v) is 25.6. The monoisotopic (exact) mass is 564 g/mol. The van der Waals surface area contributed by atoms with Gasteiger partial charge in [-0.25, -0.2) is 0 Å². The molecule has 0 saturated heterocycles. The molecule has 0 bridgehead atoms. The van der Waals surface area contributed by atoms with Crippen LogP contribution in [-0.4, -0.2) is 77.2 Å². The minimum absolute atomic E-state index is 0.102. The van der Waals surface area contributed by atoms with Gasteiger partial charge in [-0.05, 0) is 51.1 Å². The van der Waals surface area contributed by atoms with E-state index in [2.05, 4.69) is 33.1 Å². The maximum atomic E-state index is 12.0. The molecule has 216 valence electrons. The van der Waals surface area contributed by atoms with Crippen LogP contribution in [-0.2, 0) is 37.5 Å². The van der Waals surface area contributed by atoms with Crippen LogP contribution in [0.25, 0.3) is 0 Å². The molecule has 0 aromatic rings. The first-order valence-electron chi connectivity index (χ1n) is 13.2. The molecule has 0 atom stereocenters. The van der Waals surface area contributed by atoms with Crippen molar-refractivity contribution >= 4 is 40.5 Å². The van der Waals surface area contributed by atoms with Crippen LogP contribution in [0.5, 0.6) is 0 Å². The molecule has 0 aromatic heterocycles. The Hall–Kier alpha value is -1.77. The molecule has 0 aliphatic rings. The Morgan fingerprint density at radius 1 is 0.703 bits per heavy atom. The van der Waals surface area contributed by atoms with E-state index in [0.29, 0.717) is 13.0 Å². The van der Waals surface area contributed by atoms with Crippen molar-refractivity contribution in [2.45, 2.75) is 103 Å². The summed E-state index contributed by atoms with van der Waals surface area (Å²) in [5.74, 6) is -3.50. The Labute approximate surface area is 223 Å². The number of esters is 2. The topological polar surface area (TPSA) is 146 Å². The second kappa shape index (κ2) is 17.7. The lowest BCUT2D eigenvalue weighted by molar-refractivity contribution is -0.160. The average molecular weight is 565 g/mol. The van der Waals surface area contributed by atoms with Gasteiger partial charge in [0.05, 0.1) is 37.7 Å². The summed E-state index contributed by atoms with van der Waals surface area (Å²) in [4.78, 5) is 45.4. The van der Waals surface area contributed by atoms with E-state index in [4.69, 9.17) is 28.5 Å². The van der Waals surface area contributed by atoms with E-state index in [9.17, 15) is 19.2 Å². The molecule has 0 spiro atoms. The first-order valence-corrected chi connectivity index (χ1v) is 19.4. The highest BCUT2D eigenvalue weighted by molar-refractivity contribution is 6.84. The number of carbonyl (C=O) groups excluding carboxylic acids is 2. The number of hydrogen-bond acceptors (Lipinski definition) is 8. The molecule has 0 rings (SSSR count). The minimum Gasteiger partial charge on any atom is -0.481 e. The molecule has 0 radical (unpaired) electrons. The highest BCUT2D eigenvalue weighted by Crippen LogP contribution is 2.27. The fourth-order valence-corrected chi connectivity index (χ4v) is 12.8. The van der Waals surface area contributed by atoms with Crippen molar-refractivity contribution in [3.05, 3.63) is 0 Å². The summed E-state index contributed by atoms with van der Waals surface area (Å²) in [7, 11) is -3.53. The fraction of sp³-hybridized carbons (Fsp3) is 0.840. The number of ether oxygens (including phenoxy) is 3. The molecule has 0 amide bonds. The maximum absolute atomic E-state index is 12.0. The number of carboxylic acids is 2. The van der Waals surface area contributed by atoms with Gasteiger partial charge in [-0.2, -0.15) is 0 Å². The molecule has 0 aliphatic carbocycles. The lowest BCUT2D eigenvalue weighted by atomic mass is 9.88. The number of carbonyl (C=O) groups is 4. The Bertz CT molecular complexity index is 690. The van der Waals surface area contributed by atoms with Gasteiger partial charge < -0.3 is 28.5 Å². The second-order valence-corrected chi connectivity index (χ2v) is 19.7. The third-order valence-corrected chi connectivity index (χ3v) is 13.6. The molecule has 12 heteroatoms. The predicted octanol–water partition coefficient (Wildman–Crippen LogP) is 4.83. The lowest BCUT2D eigenvalue weighted by Gasteiger charge is -2.34. The van der Waals surface area contributed by atoms with Crippen molar-refractivity contribution < 1.29 is 47.7 Å². The summed E-state index contributed by atoms with van der Waals surface area (Å²) in [6.45, 7) is 13.5. The largest absolute Gasteiger partial charge is 0.481 e. The van der Waals surface area contributed by atoms with Gasteiger partial charge >= 0.3 is 23.9 Å². The molecular weight excluding hydrogens is 516 g/mol. The summed E-state index contributed by atoms with van der Waals surface area (Å²) < 4.78 is 23.2. The molecular formula is C25H48O10Si2. The summed E-state index contributed by atoms with van der Waals surface area (Å²) >= 11 is 0. The lowest BCUT2D eigenvalue weighted by Crippen LogP contribution is -2.44. The highest BCUT2D eigenvalue weighted by atomic mass is 28.4. The molecule has 0 saturated carbocycles. The summed E-state index contributed by atoms with van der Waals surface area (Å²) in [5, 5.41) is 17.5. The van der Waals surface area contributed by atoms with Gasteiger partial charge in [-0.3, -0.25) is 19.2 Å². The summed E-state index contributed by atoms with van der Waals surface area (Å²) in [6.07, 6.45) is 2.45. The first-order chi connectivity index (χ1) is 17.2. The maximum Gasteiger partial charge on any atom is 0.306 e.